The second-order valence-electron chi connectivity index (χ2n) is 6.93. The van der Waals surface area contributed by atoms with E-state index in [1.54, 1.807) is 0 Å². The van der Waals surface area contributed by atoms with Gasteiger partial charge in [-0.25, -0.2) is 4.68 Å². The van der Waals surface area contributed by atoms with Crippen molar-refractivity contribution in [3.8, 4) is 11.4 Å². The zero-order valence-corrected chi connectivity index (χ0v) is 13.6. The summed E-state index contributed by atoms with van der Waals surface area (Å²) < 4.78 is 1.87. The minimum absolute atomic E-state index is 0.0962. The lowest BCUT2D eigenvalue weighted by atomic mass is 9.82. The summed E-state index contributed by atoms with van der Waals surface area (Å²) in [5.41, 5.74) is 7.20. The van der Waals surface area contributed by atoms with Gasteiger partial charge < -0.3 is 11.1 Å². The monoisotopic (exact) mass is 326 g/mol. The van der Waals surface area contributed by atoms with E-state index in [0.29, 0.717) is 6.04 Å². The molecule has 2 aliphatic rings. The molecule has 0 bridgehead atoms. The molecule has 0 radical (unpaired) electrons. The minimum atomic E-state index is -0.746. The van der Waals surface area contributed by atoms with E-state index in [-0.39, 0.29) is 5.91 Å². The molecule has 1 heterocycles. The van der Waals surface area contributed by atoms with Crippen LogP contribution < -0.4 is 11.1 Å². The first-order valence-electron chi connectivity index (χ1n) is 8.64. The van der Waals surface area contributed by atoms with Crippen molar-refractivity contribution < 1.29 is 4.79 Å². The molecule has 1 aromatic heterocycles. The normalized spacial score (nSPS) is 19.9. The highest BCUT2D eigenvalue weighted by Gasteiger charge is 2.35. The number of nitrogens with two attached hydrogens (primary N) is 1. The predicted molar refractivity (Wildman–Crippen MR) is 90.2 cm³/mol. The highest BCUT2D eigenvalue weighted by molar-refractivity contribution is 5.98. The topological polar surface area (TPSA) is 98.7 Å². The number of nitrogens with one attached hydrogen (secondary N) is 1. The van der Waals surface area contributed by atoms with E-state index in [0.717, 1.165) is 62.0 Å². The van der Waals surface area contributed by atoms with Crippen molar-refractivity contribution in [2.75, 3.05) is 5.32 Å². The third-order valence-corrected chi connectivity index (χ3v) is 4.96. The van der Waals surface area contributed by atoms with Gasteiger partial charge in [-0.15, -0.1) is 5.10 Å². The maximum Gasteiger partial charge on any atom is 0.244 e. The van der Waals surface area contributed by atoms with Crippen LogP contribution in [0.3, 0.4) is 0 Å². The standard InChI is InChI=1S/C17H22N6O/c18-17(9-2-1-3-10-17)16(24)19-13-6-4-5-12(11-13)15-20-21-22-23(15)14-7-8-14/h4-6,11,14H,1-3,7-10,18H2,(H,19,24). The van der Waals surface area contributed by atoms with E-state index in [1.807, 2.05) is 28.9 Å². The van der Waals surface area contributed by atoms with E-state index >= 15 is 0 Å². The molecule has 0 atom stereocenters. The van der Waals surface area contributed by atoms with Gasteiger partial charge in [-0.05, 0) is 48.2 Å². The molecule has 1 aromatic carbocycles. The summed E-state index contributed by atoms with van der Waals surface area (Å²) in [4.78, 5) is 12.6. The first kappa shape index (κ1) is 15.3. The molecular formula is C17H22N6O. The van der Waals surface area contributed by atoms with E-state index in [2.05, 4.69) is 20.8 Å². The Kier molecular flexibility index (Phi) is 3.80. The van der Waals surface area contributed by atoms with Crippen LogP contribution in [0.4, 0.5) is 5.69 Å². The number of hydrogen-bond acceptors (Lipinski definition) is 5. The molecular weight excluding hydrogens is 304 g/mol. The maximum absolute atomic E-state index is 12.6. The second kappa shape index (κ2) is 5.98. The summed E-state index contributed by atoms with van der Waals surface area (Å²) in [7, 11) is 0. The van der Waals surface area contributed by atoms with Crippen molar-refractivity contribution >= 4 is 11.6 Å². The number of anilines is 1. The van der Waals surface area contributed by atoms with Gasteiger partial charge in [0.25, 0.3) is 0 Å². The van der Waals surface area contributed by atoms with Crippen LogP contribution in [-0.2, 0) is 4.79 Å². The van der Waals surface area contributed by atoms with E-state index in [1.165, 1.54) is 0 Å². The van der Waals surface area contributed by atoms with Gasteiger partial charge in [0.2, 0.25) is 5.91 Å². The Bertz CT molecular complexity index is 745. The fourth-order valence-corrected chi connectivity index (χ4v) is 3.35. The zero-order chi connectivity index (χ0) is 16.6. The molecule has 4 rings (SSSR count). The Balaban J connectivity index is 1.54. The highest BCUT2D eigenvalue weighted by Crippen LogP contribution is 2.37. The number of nitrogens with zero attached hydrogens (tertiary/aromatic N) is 4. The Labute approximate surface area is 140 Å². The van der Waals surface area contributed by atoms with Crippen molar-refractivity contribution in [1.82, 2.24) is 20.2 Å². The highest BCUT2D eigenvalue weighted by atomic mass is 16.2. The van der Waals surface area contributed by atoms with Crippen LogP contribution in [0, 0.1) is 0 Å². The van der Waals surface area contributed by atoms with Crippen molar-refractivity contribution in [2.24, 2.45) is 5.73 Å². The largest absolute Gasteiger partial charge is 0.324 e. The fraction of sp³-hybridized carbons (Fsp3) is 0.529. The van der Waals surface area contributed by atoms with Gasteiger partial charge in [-0.1, -0.05) is 31.4 Å². The van der Waals surface area contributed by atoms with Crippen LogP contribution in [0.5, 0.6) is 0 Å². The maximum atomic E-state index is 12.6. The van der Waals surface area contributed by atoms with Crippen LogP contribution >= 0.6 is 0 Å². The van der Waals surface area contributed by atoms with Crippen molar-refractivity contribution in [3.63, 3.8) is 0 Å². The number of tetrazole rings is 1. The third kappa shape index (κ3) is 2.91. The summed E-state index contributed by atoms with van der Waals surface area (Å²) in [5, 5.41) is 15.0. The van der Waals surface area contributed by atoms with Gasteiger partial charge in [0.1, 0.15) is 0 Å². The molecule has 7 nitrogen and oxygen atoms in total. The minimum Gasteiger partial charge on any atom is -0.324 e. The van der Waals surface area contributed by atoms with E-state index in [4.69, 9.17) is 5.73 Å². The molecule has 2 fully saturated rings. The van der Waals surface area contributed by atoms with Gasteiger partial charge in [0, 0.05) is 11.3 Å². The molecule has 1 amide bonds. The van der Waals surface area contributed by atoms with Gasteiger partial charge >= 0.3 is 0 Å². The zero-order valence-electron chi connectivity index (χ0n) is 13.6. The van der Waals surface area contributed by atoms with Crippen LogP contribution in [0.25, 0.3) is 11.4 Å². The van der Waals surface area contributed by atoms with Crippen LogP contribution in [0.2, 0.25) is 0 Å². The summed E-state index contributed by atoms with van der Waals surface area (Å²) in [6.07, 6.45) is 6.91. The Morgan fingerprint density at radius 2 is 2.04 bits per heavy atom. The Hall–Kier alpha value is -2.28. The average Bonchev–Trinajstić information content (AvgIpc) is 3.32. The lowest BCUT2D eigenvalue weighted by Crippen LogP contribution is -2.52. The smallest absolute Gasteiger partial charge is 0.244 e. The molecule has 2 saturated carbocycles. The molecule has 3 N–H and O–H groups in total. The summed E-state index contributed by atoms with van der Waals surface area (Å²) >= 11 is 0. The van der Waals surface area contributed by atoms with Crippen LogP contribution in [0.15, 0.2) is 24.3 Å². The Morgan fingerprint density at radius 1 is 1.25 bits per heavy atom. The number of benzene rings is 1. The summed E-state index contributed by atoms with van der Waals surface area (Å²) in [6, 6.07) is 8.05. The first-order chi connectivity index (χ1) is 11.7. The van der Waals surface area contributed by atoms with E-state index < -0.39 is 5.54 Å². The molecule has 126 valence electrons. The summed E-state index contributed by atoms with van der Waals surface area (Å²) in [6.45, 7) is 0. The number of hydrogen-bond donors (Lipinski definition) is 2. The fourth-order valence-electron chi connectivity index (χ4n) is 3.35. The van der Waals surface area contributed by atoms with Crippen molar-refractivity contribution in [2.45, 2.75) is 56.5 Å². The van der Waals surface area contributed by atoms with E-state index in [9.17, 15) is 4.79 Å². The van der Waals surface area contributed by atoms with Gasteiger partial charge in [-0.3, -0.25) is 4.79 Å². The molecule has 0 unspecified atom stereocenters. The second-order valence-corrected chi connectivity index (χ2v) is 6.93. The Morgan fingerprint density at radius 3 is 2.79 bits per heavy atom. The number of rotatable bonds is 4. The molecule has 2 aliphatic carbocycles. The number of carbonyl (C=O) groups is 1. The third-order valence-electron chi connectivity index (χ3n) is 4.96. The molecule has 0 aliphatic heterocycles. The molecule has 7 heteroatoms. The van der Waals surface area contributed by atoms with Crippen molar-refractivity contribution in [3.05, 3.63) is 24.3 Å². The number of aromatic nitrogens is 4. The molecule has 0 saturated heterocycles. The van der Waals surface area contributed by atoms with Gasteiger partial charge in [-0.2, -0.15) is 0 Å². The molecule has 24 heavy (non-hydrogen) atoms. The average molecular weight is 326 g/mol. The van der Waals surface area contributed by atoms with Crippen LogP contribution in [-0.4, -0.2) is 31.7 Å². The lowest BCUT2D eigenvalue weighted by Gasteiger charge is -2.31. The quantitative estimate of drug-likeness (QED) is 0.898. The van der Waals surface area contributed by atoms with Gasteiger partial charge in [0.15, 0.2) is 5.82 Å². The molecule has 2 aromatic rings. The lowest BCUT2D eigenvalue weighted by molar-refractivity contribution is -0.122. The van der Waals surface area contributed by atoms with Gasteiger partial charge in [0.05, 0.1) is 11.6 Å². The summed E-state index contributed by atoms with van der Waals surface area (Å²) in [5.74, 6) is 0.648. The molecule has 0 spiro atoms. The SMILES string of the molecule is NC1(C(=O)Nc2cccc(-c3nnnn3C3CC3)c2)CCCCC1. The predicted octanol–water partition coefficient (Wildman–Crippen LogP) is 2.28. The van der Waals surface area contributed by atoms with Crippen molar-refractivity contribution in [1.29, 1.82) is 0 Å². The first-order valence-corrected chi connectivity index (χ1v) is 8.64. The number of amides is 1. The number of carbonyl (C=O) groups excluding carboxylic acids is 1. The van der Waals surface area contributed by atoms with Crippen LogP contribution in [0.1, 0.15) is 51.0 Å².